The van der Waals surface area contributed by atoms with Crippen LogP contribution in [0, 0.1) is 0 Å². The molecular formula is C65H98O12. The lowest BCUT2D eigenvalue weighted by molar-refractivity contribution is -0.301. The Kier molecular flexibility index (Phi) is 46.4. The number of ether oxygens (including phenoxy) is 5. The minimum atomic E-state index is -1.93. The molecule has 0 aliphatic carbocycles. The molecule has 6 unspecified atom stereocenters. The van der Waals surface area contributed by atoms with Gasteiger partial charge in [-0.15, -0.1) is 0 Å². The van der Waals surface area contributed by atoms with Gasteiger partial charge in [0.2, 0.25) is 0 Å². The number of rotatable bonds is 46. The molecule has 3 N–H and O–H groups in total. The molecule has 0 aromatic carbocycles. The Hall–Kier alpha value is -5.40. The molecular weight excluding hydrogens is 973 g/mol. The minimum absolute atomic E-state index is 0.00762. The zero-order valence-electron chi connectivity index (χ0n) is 47.1. The SMILES string of the molecule is CC/C=C\C/C=C\C/C=C\C/C=C\C/C=C\CCCCCC(=O)OCC(COC1OC(C(=O)O)C(O)C(O)C1OC(=O)CCCC/C=C\C/C=C\C/C=C\C/C=C\CC)OC(=O)CCCCC/C=C\C/C=C\C/C=C\CC. The molecule has 0 aromatic rings. The summed E-state index contributed by atoms with van der Waals surface area (Å²) in [6, 6.07) is 0. The maximum absolute atomic E-state index is 13.1. The maximum atomic E-state index is 13.1. The number of esters is 3. The third-order valence-electron chi connectivity index (χ3n) is 11.9. The largest absolute Gasteiger partial charge is 0.479 e. The second kappa shape index (κ2) is 51.4. The fourth-order valence-corrected chi connectivity index (χ4v) is 7.57. The van der Waals surface area contributed by atoms with Crippen LogP contribution in [0.1, 0.15) is 188 Å². The van der Waals surface area contributed by atoms with Gasteiger partial charge in [-0.2, -0.15) is 0 Å². The van der Waals surface area contributed by atoms with Crippen LogP contribution < -0.4 is 0 Å². The summed E-state index contributed by atoms with van der Waals surface area (Å²) in [5, 5.41) is 31.4. The first-order chi connectivity index (χ1) is 37.6. The highest BCUT2D eigenvalue weighted by molar-refractivity contribution is 5.74. The number of hydrogen-bond donors (Lipinski definition) is 3. The van der Waals surface area contributed by atoms with Crippen molar-refractivity contribution < 1.29 is 58.2 Å². The fraction of sp³-hybridized carbons (Fsp3) is 0.569. The Balaban J connectivity index is 2.77. The molecule has 430 valence electrons. The normalized spacial score (nSPS) is 19.1. The van der Waals surface area contributed by atoms with Crippen molar-refractivity contribution in [2.45, 2.75) is 225 Å². The van der Waals surface area contributed by atoms with E-state index in [1.807, 2.05) is 0 Å². The number of aliphatic carboxylic acids is 1. The molecule has 1 fully saturated rings. The first-order valence-electron chi connectivity index (χ1n) is 28.8. The van der Waals surface area contributed by atoms with E-state index in [0.717, 1.165) is 122 Å². The number of carboxylic acids is 1. The van der Waals surface area contributed by atoms with Gasteiger partial charge in [-0.05, 0) is 135 Å². The topological polar surface area (TPSA) is 175 Å². The van der Waals surface area contributed by atoms with Crippen molar-refractivity contribution in [3.05, 3.63) is 146 Å². The molecule has 1 heterocycles. The van der Waals surface area contributed by atoms with E-state index in [2.05, 4.69) is 167 Å². The summed E-state index contributed by atoms with van der Waals surface area (Å²) in [6.45, 7) is 5.55. The molecule has 12 heteroatoms. The average molecular weight is 1070 g/mol. The molecule has 0 amide bonds. The lowest BCUT2D eigenvalue weighted by Crippen LogP contribution is -2.61. The Morgan fingerprint density at radius 3 is 1.18 bits per heavy atom. The molecule has 12 nitrogen and oxygen atoms in total. The van der Waals surface area contributed by atoms with Crippen LogP contribution >= 0.6 is 0 Å². The zero-order chi connectivity index (χ0) is 56.1. The second-order valence-corrected chi connectivity index (χ2v) is 18.8. The first kappa shape index (κ1) is 69.6. The highest BCUT2D eigenvalue weighted by Crippen LogP contribution is 2.26. The standard InChI is InChI=1S/C65H98O12/c1-4-7-10-13-16-19-22-25-27-28-29-30-32-34-36-39-42-45-48-51-57(66)73-54-56(75-58(67)52-49-46-43-40-37-33-24-21-18-15-12-9-6-3)55-74-65-63(61(70)60(69)62(77-65)64(71)72)76-59(68)53-50-47-44-41-38-35-31-26-23-20-17-14-11-8-5-2/h7-12,16-21,25-27,29-31,33-34,36-38,41,56,60-63,65,69-70H,4-6,13-15,22-24,28,32,35,39-40,42-55H2,1-3H3,(H,71,72)/b10-7-,11-8-,12-9-,19-16-,20-17-,21-18-,27-25-,30-29-,31-26-,36-34-,37-33-,41-38-. The maximum Gasteiger partial charge on any atom is 0.335 e. The number of allylic oxidation sites excluding steroid dienone is 24. The Morgan fingerprint density at radius 1 is 0.429 bits per heavy atom. The molecule has 77 heavy (non-hydrogen) atoms. The van der Waals surface area contributed by atoms with E-state index in [4.69, 9.17) is 23.7 Å². The smallest absolute Gasteiger partial charge is 0.335 e. The second-order valence-electron chi connectivity index (χ2n) is 18.8. The molecule has 1 aliphatic rings. The van der Waals surface area contributed by atoms with E-state index in [1.165, 1.54) is 0 Å². The first-order valence-corrected chi connectivity index (χ1v) is 28.8. The molecule has 0 radical (unpaired) electrons. The Morgan fingerprint density at radius 2 is 0.779 bits per heavy atom. The van der Waals surface area contributed by atoms with Gasteiger partial charge < -0.3 is 39.0 Å². The summed E-state index contributed by atoms with van der Waals surface area (Å²) in [5.74, 6) is -3.29. The van der Waals surface area contributed by atoms with Crippen LogP contribution in [0.4, 0.5) is 0 Å². The van der Waals surface area contributed by atoms with E-state index >= 15 is 0 Å². The predicted octanol–water partition coefficient (Wildman–Crippen LogP) is 14.8. The minimum Gasteiger partial charge on any atom is -0.479 e. The van der Waals surface area contributed by atoms with Gasteiger partial charge in [0.05, 0.1) is 6.61 Å². The van der Waals surface area contributed by atoms with Crippen molar-refractivity contribution in [2.75, 3.05) is 13.2 Å². The number of aliphatic hydroxyl groups is 2. The van der Waals surface area contributed by atoms with Gasteiger partial charge in [0.1, 0.15) is 18.8 Å². The van der Waals surface area contributed by atoms with Crippen LogP contribution in [0.25, 0.3) is 0 Å². The van der Waals surface area contributed by atoms with Crippen molar-refractivity contribution in [1.82, 2.24) is 0 Å². The van der Waals surface area contributed by atoms with Crippen LogP contribution in [-0.4, -0.2) is 89.2 Å². The summed E-state index contributed by atoms with van der Waals surface area (Å²) in [4.78, 5) is 51.1. The van der Waals surface area contributed by atoms with Gasteiger partial charge in [0, 0.05) is 19.3 Å². The molecule has 1 rings (SSSR count). The Labute approximate surface area is 463 Å². The Bertz CT molecular complexity index is 1890. The quantitative estimate of drug-likeness (QED) is 0.0228. The molecule has 0 saturated carbocycles. The average Bonchev–Trinajstić information content (AvgIpc) is 3.42. The number of aliphatic hydroxyl groups excluding tert-OH is 2. The van der Waals surface area contributed by atoms with Gasteiger partial charge in [0.15, 0.2) is 24.6 Å². The highest BCUT2D eigenvalue weighted by atomic mass is 16.7. The van der Waals surface area contributed by atoms with Crippen molar-refractivity contribution in [3.63, 3.8) is 0 Å². The number of carboxylic acid groups (broad SMARTS) is 1. The molecule has 0 aromatic heterocycles. The van der Waals surface area contributed by atoms with Crippen molar-refractivity contribution in [2.24, 2.45) is 0 Å². The van der Waals surface area contributed by atoms with Crippen molar-refractivity contribution in [1.29, 1.82) is 0 Å². The van der Waals surface area contributed by atoms with E-state index in [-0.39, 0.29) is 25.9 Å². The molecule has 0 bridgehead atoms. The number of carbonyl (C=O) groups excluding carboxylic acids is 3. The lowest BCUT2D eigenvalue weighted by Gasteiger charge is -2.40. The fourth-order valence-electron chi connectivity index (χ4n) is 7.57. The number of unbranched alkanes of at least 4 members (excludes halogenated alkanes) is 8. The van der Waals surface area contributed by atoms with Crippen molar-refractivity contribution >= 4 is 23.9 Å². The zero-order valence-corrected chi connectivity index (χ0v) is 47.1. The van der Waals surface area contributed by atoms with E-state index < -0.39 is 67.3 Å². The summed E-state index contributed by atoms with van der Waals surface area (Å²) >= 11 is 0. The van der Waals surface area contributed by atoms with E-state index in [0.29, 0.717) is 25.7 Å². The van der Waals surface area contributed by atoms with Crippen LogP contribution in [0.5, 0.6) is 0 Å². The summed E-state index contributed by atoms with van der Waals surface area (Å²) in [7, 11) is 0. The predicted molar refractivity (Wildman–Crippen MR) is 312 cm³/mol. The van der Waals surface area contributed by atoms with E-state index in [9.17, 15) is 34.5 Å². The van der Waals surface area contributed by atoms with Crippen LogP contribution in [0.15, 0.2) is 146 Å². The van der Waals surface area contributed by atoms with Gasteiger partial charge >= 0.3 is 23.9 Å². The lowest BCUT2D eigenvalue weighted by atomic mass is 9.98. The molecule has 6 atom stereocenters. The third kappa shape index (κ3) is 41.4. The van der Waals surface area contributed by atoms with Crippen LogP contribution in [0.3, 0.4) is 0 Å². The monoisotopic (exact) mass is 1070 g/mol. The summed E-state index contributed by atoms with van der Waals surface area (Å²) in [6.07, 6.45) is 61.1. The van der Waals surface area contributed by atoms with Crippen molar-refractivity contribution in [3.8, 4) is 0 Å². The summed E-state index contributed by atoms with van der Waals surface area (Å²) in [5.41, 5.74) is 0. The number of carbonyl (C=O) groups is 4. The molecule has 1 aliphatic heterocycles. The number of hydrogen-bond acceptors (Lipinski definition) is 11. The van der Waals surface area contributed by atoms with Crippen LogP contribution in [-0.2, 0) is 42.9 Å². The van der Waals surface area contributed by atoms with Gasteiger partial charge in [-0.1, -0.05) is 179 Å². The third-order valence-corrected chi connectivity index (χ3v) is 11.9. The molecule has 0 spiro atoms. The molecule has 1 saturated heterocycles. The highest BCUT2D eigenvalue weighted by Gasteiger charge is 2.50. The van der Waals surface area contributed by atoms with Crippen LogP contribution in [0.2, 0.25) is 0 Å². The van der Waals surface area contributed by atoms with E-state index in [1.54, 1.807) is 0 Å². The summed E-state index contributed by atoms with van der Waals surface area (Å²) < 4.78 is 28.3. The van der Waals surface area contributed by atoms with Gasteiger partial charge in [-0.3, -0.25) is 14.4 Å². The van der Waals surface area contributed by atoms with Gasteiger partial charge in [-0.25, -0.2) is 4.79 Å². The van der Waals surface area contributed by atoms with Gasteiger partial charge in [0.25, 0.3) is 0 Å².